The van der Waals surface area contributed by atoms with Gasteiger partial charge < -0.3 is 14.8 Å². The Balaban J connectivity index is 1.67. The van der Waals surface area contributed by atoms with Crippen LogP contribution in [0.2, 0.25) is 0 Å². The van der Waals surface area contributed by atoms with Crippen LogP contribution in [0.4, 0.5) is 5.69 Å². The van der Waals surface area contributed by atoms with Gasteiger partial charge >= 0.3 is 5.97 Å². The van der Waals surface area contributed by atoms with Crippen LogP contribution in [0, 0.1) is 0 Å². The second-order valence-corrected chi connectivity index (χ2v) is 11.9. The van der Waals surface area contributed by atoms with Gasteiger partial charge in [-0.15, -0.1) is 0 Å². The van der Waals surface area contributed by atoms with E-state index < -0.39 is 17.6 Å². The Morgan fingerprint density at radius 2 is 1.81 bits per heavy atom. The number of thiazole rings is 1. The lowest BCUT2D eigenvalue weighted by Gasteiger charge is -2.26. The lowest BCUT2D eigenvalue weighted by molar-refractivity contribution is -0.138. The van der Waals surface area contributed by atoms with Gasteiger partial charge in [0.2, 0.25) is 0 Å². The molecule has 212 valence electrons. The molecule has 0 spiro atoms. The summed E-state index contributed by atoms with van der Waals surface area (Å²) in [4.78, 5) is 46.4. The Morgan fingerprint density at radius 3 is 2.50 bits per heavy atom. The van der Waals surface area contributed by atoms with Gasteiger partial charge in [0.05, 0.1) is 35.6 Å². The molecule has 1 amide bonds. The molecule has 0 fully saturated rings. The van der Waals surface area contributed by atoms with Crippen molar-refractivity contribution in [3.05, 3.63) is 119 Å². The number of aromatic nitrogens is 1. The maximum atomic E-state index is 14.3. The number of amides is 1. The maximum Gasteiger partial charge on any atom is 0.338 e. The number of fused-ring (bicyclic) bond motifs is 2. The highest BCUT2D eigenvalue weighted by Gasteiger charge is 2.36. The first-order valence-corrected chi connectivity index (χ1v) is 15.1. The van der Waals surface area contributed by atoms with Gasteiger partial charge in [-0.3, -0.25) is 14.2 Å². The van der Waals surface area contributed by atoms with Crippen LogP contribution in [0.1, 0.15) is 43.5 Å². The molecule has 3 heterocycles. The van der Waals surface area contributed by atoms with Crippen LogP contribution >= 0.6 is 27.3 Å². The molecule has 2 aliphatic heterocycles. The molecule has 1 atom stereocenters. The first-order chi connectivity index (χ1) is 20.3. The van der Waals surface area contributed by atoms with Crippen molar-refractivity contribution in [1.29, 1.82) is 0 Å². The number of hydrogen-bond donors (Lipinski definition) is 1. The Kier molecular flexibility index (Phi) is 7.42. The molecule has 0 bridgehead atoms. The van der Waals surface area contributed by atoms with Gasteiger partial charge in [-0.1, -0.05) is 69.7 Å². The second kappa shape index (κ2) is 11.2. The minimum absolute atomic E-state index is 0.0184. The number of rotatable bonds is 6. The number of nitrogens with zero attached hydrogens (tertiary/aromatic N) is 2. The molecule has 0 saturated heterocycles. The summed E-state index contributed by atoms with van der Waals surface area (Å²) in [6.07, 6.45) is -0.0184. The molecule has 3 aromatic carbocycles. The average molecular weight is 645 g/mol. The molecular weight excluding hydrogens is 618 g/mol. The van der Waals surface area contributed by atoms with Crippen LogP contribution in [0.5, 0.6) is 5.75 Å². The number of halogens is 1. The summed E-state index contributed by atoms with van der Waals surface area (Å²) in [5, 5.41) is 2.86. The monoisotopic (exact) mass is 643 g/mol. The van der Waals surface area contributed by atoms with E-state index in [-0.39, 0.29) is 34.3 Å². The minimum Gasteiger partial charge on any atom is -0.491 e. The highest BCUT2D eigenvalue weighted by atomic mass is 79.9. The number of nitrogens with one attached hydrogen (secondary N) is 1. The van der Waals surface area contributed by atoms with Crippen molar-refractivity contribution in [2.45, 2.75) is 32.9 Å². The number of esters is 1. The second-order valence-electron chi connectivity index (χ2n) is 10.0. The van der Waals surface area contributed by atoms with E-state index in [1.165, 1.54) is 4.57 Å². The van der Waals surface area contributed by atoms with Crippen LogP contribution in [-0.4, -0.2) is 29.2 Å². The predicted molar refractivity (Wildman–Crippen MR) is 165 cm³/mol. The molecule has 42 heavy (non-hydrogen) atoms. The minimum atomic E-state index is -0.857. The van der Waals surface area contributed by atoms with Gasteiger partial charge in [-0.2, -0.15) is 0 Å². The Hall–Kier alpha value is -4.28. The fourth-order valence-electron chi connectivity index (χ4n) is 5.17. The van der Waals surface area contributed by atoms with E-state index >= 15 is 0 Å². The normalized spacial score (nSPS) is 17.0. The zero-order chi connectivity index (χ0) is 29.5. The molecular formula is C32H26BrN3O5S. The number of ether oxygens (including phenoxy) is 2. The van der Waals surface area contributed by atoms with Crippen LogP contribution in [0.25, 0.3) is 11.3 Å². The van der Waals surface area contributed by atoms with Gasteiger partial charge in [-0.25, -0.2) is 9.79 Å². The van der Waals surface area contributed by atoms with E-state index in [1.807, 2.05) is 80.6 Å². The third kappa shape index (κ3) is 4.90. The number of anilines is 1. The van der Waals surface area contributed by atoms with E-state index in [1.54, 1.807) is 13.0 Å². The quantitative estimate of drug-likeness (QED) is 0.304. The highest BCUT2D eigenvalue weighted by molar-refractivity contribution is 9.10. The molecule has 0 radical (unpaired) electrons. The van der Waals surface area contributed by atoms with Gasteiger partial charge in [0.1, 0.15) is 10.3 Å². The van der Waals surface area contributed by atoms with Crippen molar-refractivity contribution in [1.82, 2.24) is 4.57 Å². The fourth-order valence-corrected chi connectivity index (χ4v) is 6.63. The summed E-state index contributed by atoms with van der Waals surface area (Å²) in [6.45, 7) is 5.77. The molecule has 1 N–H and O–H groups in total. The van der Waals surface area contributed by atoms with E-state index in [9.17, 15) is 14.4 Å². The van der Waals surface area contributed by atoms with Crippen LogP contribution in [-0.2, 0) is 14.3 Å². The first kappa shape index (κ1) is 27.9. The SMILES string of the molecule is CCOC(=O)C1=C(c2ccccc2)N=c2s/c(=C3/C(=O)Nc4ccc(Br)cc43)c(=O)n2[C@H]1c1ccc(OC(C)C)cc1. The summed E-state index contributed by atoms with van der Waals surface area (Å²) in [6, 6.07) is 21.2. The highest BCUT2D eigenvalue weighted by Crippen LogP contribution is 2.36. The molecule has 0 unspecified atom stereocenters. The van der Waals surface area contributed by atoms with Gasteiger partial charge in [0.25, 0.3) is 11.5 Å². The number of hydrogen-bond acceptors (Lipinski definition) is 7. The van der Waals surface area contributed by atoms with Crippen molar-refractivity contribution in [3.8, 4) is 5.75 Å². The molecule has 0 aliphatic carbocycles. The van der Waals surface area contributed by atoms with Crippen LogP contribution in [0.3, 0.4) is 0 Å². The Morgan fingerprint density at radius 1 is 1.07 bits per heavy atom. The topological polar surface area (TPSA) is 99.0 Å². The van der Waals surface area contributed by atoms with Crippen molar-refractivity contribution >= 4 is 56.1 Å². The lowest BCUT2D eigenvalue weighted by Crippen LogP contribution is -2.40. The summed E-state index contributed by atoms with van der Waals surface area (Å²) in [7, 11) is 0. The Labute approximate surface area is 253 Å². The summed E-state index contributed by atoms with van der Waals surface area (Å²) in [5.41, 5.74) is 3.14. The molecule has 2 aliphatic rings. The zero-order valence-corrected chi connectivity index (χ0v) is 25.4. The van der Waals surface area contributed by atoms with E-state index in [4.69, 9.17) is 14.5 Å². The van der Waals surface area contributed by atoms with Crippen molar-refractivity contribution in [2.75, 3.05) is 11.9 Å². The third-order valence-corrected chi connectivity index (χ3v) is 8.42. The number of carbonyl (C=O) groups excluding carboxylic acids is 2. The lowest BCUT2D eigenvalue weighted by atomic mass is 9.93. The van der Waals surface area contributed by atoms with Gasteiger partial charge in [-0.05, 0) is 56.7 Å². The first-order valence-electron chi connectivity index (χ1n) is 13.5. The molecule has 8 nitrogen and oxygen atoms in total. The third-order valence-electron chi connectivity index (χ3n) is 6.87. The number of carbonyl (C=O) groups is 2. The summed E-state index contributed by atoms with van der Waals surface area (Å²) in [5.74, 6) is -0.274. The maximum absolute atomic E-state index is 14.3. The van der Waals surface area contributed by atoms with Crippen LogP contribution in [0.15, 0.2) is 92.6 Å². The zero-order valence-electron chi connectivity index (χ0n) is 23.0. The largest absolute Gasteiger partial charge is 0.491 e. The van der Waals surface area contributed by atoms with Crippen molar-refractivity contribution in [3.63, 3.8) is 0 Å². The van der Waals surface area contributed by atoms with E-state index in [2.05, 4.69) is 21.2 Å². The standard InChI is InChI=1S/C32H26BrN3O5S/c1-4-40-31(39)25-26(18-8-6-5-7-9-18)35-32-36(27(25)19-10-13-21(14-11-19)41-17(2)3)30(38)28(42-32)24-22-16-20(33)12-15-23(22)34-29(24)37/h5-17,27H,4H2,1-3H3,(H,34,37)/b28-24+/t27-/m0/s1. The molecule has 4 aromatic rings. The number of benzene rings is 3. The summed E-state index contributed by atoms with van der Waals surface area (Å²) < 4.78 is 13.9. The predicted octanol–water partition coefficient (Wildman–Crippen LogP) is 4.81. The molecule has 6 rings (SSSR count). The smallest absolute Gasteiger partial charge is 0.338 e. The molecule has 1 aromatic heterocycles. The van der Waals surface area contributed by atoms with Gasteiger partial charge in [0, 0.05) is 21.3 Å². The van der Waals surface area contributed by atoms with Crippen molar-refractivity contribution < 1.29 is 19.1 Å². The van der Waals surface area contributed by atoms with E-state index in [0.29, 0.717) is 38.6 Å². The fraction of sp³-hybridized carbons (Fsp3) is 0.188. The van der Waals surface area contributed by atoms with Gasteiger partial charge in [0.15, 0.2) is 4.80 Å². The summed E-state index contributed by atoms with van der Waals surface area (Å²) >= 11 is 4.60. The molecule has 0 saturated carbocycles. The van der Waals surface area contributed by atoms with Crippen LogP contribution < -0.4 is 24.9 Å². The Bertz CT molecular complexity index is 1940. The van der Waals surface area contributed by atoms with Crippen molar-refractivity contribution in [2.24, 2.45) is 4.99 Å². The van der Waals surface area contributed by atoms with E-state index in [0.717, 1.165) is 15.8 Å². The molecule has 10 heteroatoms. The average Bonchev–Trinajstić information content (AvgIpc) is 3.47.